The number of aliphatic hydroxyl groups excluding tert-OH is 1. The zero-order valence-corrected chi connectivity index (χ0v) is 11.9. The third-order valence-electron chi connectivity index (χ3n) is 3.22. The number of hydrogen-bond donors (Lipinski definition) is 1. The summed E-state index contributed by atoms with van der Waals surface area (Å²) in [5.41, 5.74) is 2.12. The minimum absolute atomic E-state index is 0.443. The van der Waals surface area contributed by atoms with Crippen LogP contribution in [0.4, 0.5) is 0 Å². The van der Waals surface area contributed by atoms with Crippen LogP contribution in [-0.4, -0.2) is 10.1 Å². The van der Waals surface area contributed by atoms with Crippen molar-refractivity contribution in [1.82, 2.24) is 4.98 Å². The molecule has 1 unspecified atom stereocenters. The molecule has 0 saturated carbocycles. The number of pyridine rings is 1. The number of aliphatic hydroxyl groups is 1. The van der Waals surface area contributed by atoms with Crippen molar-refractivity contribution in [3.8, 4) is 0 Å². The second kappa shape index (κ2) is 5.41. The maximum absolute atomic E-state index is 10.6. The number of hydrogen-bond acceptors (Lipinski definition) is 2. The van der Waals surface area contributed by atoms with Gasteiger partial charge in [0.25, 0.3) is 0 Å². The molecule has 1 heterocycles. The van der Waals surface area contributed by atoms with Crippen LogP contribution in [0.15, 0.2) is 54.7 Å². The molecule has 2 aromatic carbocycles. The minimum atomic E-state index is -0.835. The van der Waals surface area contributed by atoms with Gasteiger partial charge >= 0.3 is 0 Å². The number of rotatable bonds is 2. The quantitative estimate of drug-likeness (QED) is 0.749. The Hall–Kier alpha value is -1.61. The lowest BCUT2D eigenvalue weighted by molar-refractivity contribution is 0.222. The summed E-state index contributed by atoms with van der Waals surface area (Å²) in [5.74, 6) is 0. The number of nitrogens with zero attached hydrogens (tertiary/aromatic N) is 1. The lowest BCUT2D eigenvalue weighted by Crippen LogP contribution is -2.02. The van der Waals surface area contributed by atoms with Gasteiger partial charge in [0.05, 0.1) is 5.52 Å². The van der Waals surface area contributed by atoms with Crippen molar-refractivity contribution in [3.05, 3.63) is 75.9 Å². The van der Waals surface area contributed by atoms with Gasteiger partial charge in [-0.15, -0.1) is 0 Å². The van der Waals surface area contributed by atoms with Crippen LogP contribution in [0, 0.1) is 0 Å². The third-order valence-corrected chi connectivity index (χ3v) is 3.78. The van der Waals surface area contributed by atoms with E-state index in [0.29, 0.717) is 15.6 Å². The monoisotopic (exact) mass is 303 g/mol. The zero-order valence-electron chi connectivity index (χ0n) is 10.4. The van der Waals surface area contributed by atoms with Gasteiger partial charge in [-0.2, -0.15) is 0 Å². The highest BCUT2D eigenvalue weighted by Crippen LogP contribution is 2.32. The van der Waals surface area contributed by atoms with E-state index in [1.165, 1.54) is 0 Å². The Bertz CT molecular complexity index is 768. The van der Waals surface area contributed by atoms with Crippen LogP contribution < -0.4 is 0 Å². The first kappa shape index (κ1) is 13.4. The topological polar surface area (TPSA) is 33.1 Å². The van der Waals surface area contributed by atoms with E-state index in [9.17, 15) is 5.11 Å². The van der Waals surface area contributed by atoms with Crippen LogP contribution in [0.25, 0.3) is 10.9 Å². The van der Waals surface area contributed by atoms with Crippen molar-refractivity contribution in [2.75, 3.05) is 0 Å². The molecule has 0 amide bonds. The highest BCUT2D eigenvalue weighted by atomic mass is 35.5. The van der Waals surface area contributed by atoms with E-state index in [4.69, 9.17) is 23.2 Å². The molecule has 0 fully saturated rings. The number of aromatic nitrogens is 1. The molecule has 1 aromatic heterocycles. The Kier molecular flexibility index (Phi) is 3.62. The van der Waals surface area contributed by atoms with E-state index in [2.05, 4.69) is 4.98 Å². The summed E-state index contributed by atoms with van der Waals surface area (Å²) in [5, 5.41) is 12.6. The van der Waals surface area contributed by atoms with Crippen LogP contribution in [-0.2, 0) is 0 Å². The average Bonchev–Trinajstić information content (AvgIpc) is 2.46. The fourth-order valence-electron chi connectivity index (χ4n) is 2.24. The summed E-state index contributed by atoms with van der Waals surface area (Å²) in [4.78, 5) is 4.35. The average molecular weight is 304 g/mol. The van der Waals surface area contributed by atoms with Gasteiger partial charge < -0.3 is 5.11 Å². The molecule has 0 saturated heterocycles. The molecule has 0 bridgehead atoms. The molecule has 0 radical (unpaired) electrons. The van der Waals surface area contributed by atoms with E-state index >= 15 is 0 Å². The Labute approximate surface area is 126 Å². The van der Waals surface area contributed by atoms with Crippen molar-refractivity contribution in [3.63, 3.8) is 0 Å². The van der Waals surface area contributed by atoms with Crippen molar-refractivity contribution >= 4 is 34.1 Å². The molecule has 0 aliphatic carbocycles. The van der Waals surface area contributed by atoms with E-state index in [1.54, 1.807) is 24.4 Å². The van der Waals surface area contributed by atoms with Gasteiger partial charge in [0, 0.05) is 32.8 Å². The Morgan fingerprint density at radius 2 is 1.75 bits per heavy atom. The van der Waals surface area contributed by atoms with Crippen LogP contribution in [0.5, 0.6) is 0 Å². The van der Waals surface area contributed by atoms with Gasteiger partial charge in [-0.25, -0.2) is 0 Å². The first-order valence-electron chi connectivity index (χ1n) is 6.13. The van der Waals surface area contributed by atoms with E-state index in [0.717, 1.165) is 16.5 Å². The largest absolute Gasteiger partial charge is 0.384 e. The van der Waals surface area contributed by atoms with Crippen LogP contribution in [0.3, 0.4) is 0 Å². The Morgan fingerprint density at radius 1 is 0.950 bits per heavy atom. The SMILES string of the molecule is OC(c1ccc(Cl)cc1Cl)c1cccc2cccnc12. The van der Waals surface area contributed by atoms with Crippen LogP contribution in [0.1, 0.15) is 17.2 Å². The molecule has 4 heteroatoms. The first-order valence-corrected chi connectivity index (χ1v) is 6.89. The van der Waals surface area contributed by atoms with Gasteiger partial charge in [0.1, 0.15) is 6.10 Å². The molecule has 1 N–H and O–H groups in total. The summed E-state index contributed by atoms with van der Waals surface area (Å²) in [7, 11) is 0. The van der Waals surface area contributed by atoms with Crippen LogP contribution in [0.2, 0.25) is 10.0 Å². The number of halogens is 2. The second-order valence-corrected chi connectivity index (χ2v) is 5.33. The molecule has 0 aliphatic rings. The highest BCUT2D eigenvalue weighted by Gasteiger charge is 2.17. The fourth-order valence-corrected chi connectivity index (χ4v) is 2.75. The standard InChI is InChI=1S/C16H11Cl2NO/c17-11-6-7-12(14(18)9-11)16(20)13-5-1-3-10-4-2-8-19-15(10)13/h1-9,16,20H. The zero-order chi connectivity index (χ0) is 14.1. The third kappa shape index (κ3) is 2.38. The number of benzene rings is 2. The van der Waals surface area contributed by atoms with Gasteiger partial charge in [-0.3, -0.25) is 4.98 Å². The first-order chi connectivity index (χ1) is 9.66. The van der Waals surface area contributed by atoms with Crippen molar-refractivity contribution in [1.29, 1.82) is 0 Å². The predicted molar refractivity (Wildman–Crippen MR) is 82.3 cm³/mol. The molecule has 2 nitrogen and oxygen atoms in total. The molecule has 3 aromatic rings. The maximum Gasteiger partial charge on any atom is 0.108 e. The van der Waals surface area contributed by atoms with Crippen molar-refractivity contribution in [2.24, 2.45) is 0 Å². The summed E-state index contributed by atoms with van der Waals surface area (Å²) in [6.45, 7) is 0. The summed E-state index contributed by atoms with van der Waals surface area (Å²) in [6, 6.07) is 14.6. The van der Waals surface area contributed by atoms with E-state index in [-0.39, 0.29) is 0 Å². The molecule has 0 aliphatic heterocycles. The number of para-hydroxylation sites is 1. The molecular formula is C16H11Cl2NO. The fraction of sp³-hybridized carbons (Fsp3) is 0.0625. The Morgan fingerprint density at radius 3 is 2.55 bits per heavy atom. The summed E-state index contributed by atoms with van der Waals surface area (Å²) < 4.78 is 0. The van der Waals surface area contributed by atoms with Crippen molar-refractivity contribution in [2.45, 2.75) is 6.10 Å². The van der Waals surface area contributed by atoms with Gasteiger partial charge in [-0.05, 0) is 18.2 Å². The lowest BCUT2D eigenvalue weighted by Gasteiger charge is -2.15. The smallest absolute Gasteiger partial charge is 0.108 e. The molecular weight excluding hydrogens is 293 g/mol. The predicted octanol–water partition coefficient (Wildman–Crippen LogP) is 4.62. The van der Waals surface area contributed by atoms with E-state index in [1.807, 2.05) is 30.3 Å². The van der Waals surface area contributed by atoms with Crippen molar-refractivity contribution < 1.29 is 5.11 Å². The minimum Gasteiger partial charge on any atom is -0.384 e. The number of fused-ring (bicyclic) bond motifs is 1. The maximum atomic E-state index is 10.6. The van der Waals surface area contributed by atoms with E-state index < -0.39 is 6.10 Å². The molecule has 0 spiro atoms. The summed E-state index contributed by atoms with van der Waals surface area (Å²) in [6.07, 6.45) is 0.875. The molecule has 3 rings (SSSR count). The Balaban J connectivity index is 2.15. The summed E-state index contributed by atoms with van der Waals surface area (Å²) >= 11 is 12.0. The normalized spacial score (nSPS) is 12.6. The van der Waals surface area contributed by atoms with Crippen LogP contribution >= 0.6 is 23.2 Å². The van der Waals surface area contributed by atoms with Gasteiger partial charge in [-0.1, -0.05) is 53.5 Å². The molecule has 100 valence electrons. The van der Waals surface area contributed by atoms with Gasteiger partial charge in [0.2, 0.25) is 0 Å². The molecule has 1 atom stereocenters. The molecule has 20 heavy (non-hydrogen) atoms. The van der Waals surface area contributed by atoms with Gasteiger partial charge in [0.15, 0.2) is 0 Å². The lowest BCUT2D eigenvalue weighted by atomic mass is 9.99. The second-order valence-electron chi connectivity index (χ2n) is 4.49. The highest BCUT2D eigenvalue weighted by molar-refractivity contribution is 6.35.